The summed E-state index contributed by atoms with van der Waals surface area (Å²) in [6, 6.07) is 13.0. The number of nitrogens with zero attached hydrogens (tertiary/aromatic N) is 2. The second-order valence-electron chi connectivity index (χ2n) is 8.61. The van der Waals surface area contributed by atoms with Crippen LogP contribution in [-0.4, -0.2) is 24.4 Å². The molecule has 140 valence electrons. The molecule has 0 bridgehead atoms. The number of hydrogen-bond donors (Lipinski definition) is 0. The molecule has 0 spiro atoms. The van der Waals surface area contributed by atoms with Crippen molar-refractivity contribution in [2.24, 2.45) is 0 Å². The lowest BCUT2D eigenvalue weighted by Gasteiger charge is -2.25. The third-order valence-corrected chi connectivity index (χ3v) is 7.17. The molecule has 2 heterocycles. The summed E-state index contributed by atoms with van der Waals surface area (Å²) in [7, 11) is 4.34. The molecule has 2 aromatic carbocycles. The quantitative estimate of drug-likeness (QED) is 0.337. The van der Waals surface area contributed by atoms with Crippen molar-refractivity contribution in [3.05, 3.63) is 67.9 Å². The molecular formula is C23H25ClIN2+. The number of rotatable bonds is 1. The first-order chi connectivity index (χ1) is 12.5. The van der Waals surface area contributed by atoms with Crippen molar-refractivity contribution in [3.63, 3.8) is 0 Å². The van der Waals surface area contributed by atoms with Crippen molar-refractivity contribution in [1.29, 1.82) is 0 Å². The van der Waals surface area contributed by atoms with E-state index in [2.05, 4.69) is 110 Å². The molecule has 2 aromatic rings. The summed E-state index contributed by atoms with van der Waals surface area (Å²) in [5, 5.41) is 0.796. The third-order valence-electron chi connectivity index (χ3n) is 6.26. The Labute approximate surface area is 180 Å². The van der Waals surface area contributed by atoms with E-state index in [1.54, 1.807) is 0 Å². The fourth-order valence-electron chi connectivity index (χ4n) is 4.66. The van der Waals surface area contributed by atoms with Gasteiger partial charge in [0.1, 0.15) is 7.05 Å². The summed E-state index contributed by atoms with van der Waals surface area (Å²) in [5.74, 6) is 0. The van der Waals surface area contributed by atoms with Crippen molar-refractivity contribution < 1.29 is 4.58 Å². The van der Waals surface area contributed by atoms with Crippen molar-refractivity contribution in [1.82, 2.24) is 0 Å². The Balaban J connectivity index is 1.89. The molecule has 0 unspecified atom stereocenters. The minimum absolute atomic E-state index is 0.0401. The highest BCUT2D eigenvalue weighted by molar-refractivity contribution is 14.1. The van der Waals surface area contributed by atoms with Crippen molar-refractivity contribution >= 4 is 51.3 Å². The van der Waals surface area contributed by atoms with Crippen LogP contribution in [0.25, 0.3) is 0 Å². The normalized spacial score (nSPS) is 21.0. The minimum Gasteiger partial charge on any atom is -0.347 e. The minimum atomic E-state index is -0.0951. The van der Waals surface area contributed by atoms with E-state index >= 15 is 0 Å². The maximum absolute atomic E-state index is 6.31. The lowest BCUT2D eigenvalue weighted by atomic mass is 9.78. The van der Waals surface area contributed by atoms with Crippen LogP contribution in [0, 0.1) is 3.57 Å². The average Bonchev–Trinajstić information content (AvgIpc) is 2.89. The van der Waals surface area contributed by atoms with Gasteiger partial charge in [-0.25, -0.2) is 0 Å². The predicted octanol–water partition coefficient (Wildman–Crippen LogP) is 6.26. The Bertz CT molecular complexity index is 1030. The monoisotopic (exact) mass is 491 g/mol. The van der Waals surface area contributed by atoms with E-state index in [1.165, 1.54) is 37.5 Å². The number of halogens is 2. The first-order valence-electron chi connectivity index (χ1n) is 9.22. The number of fused-ring (bicyclic) bond motifs is 2. The van der Waals surface area contributed by atoms with Gasteiger partial charge in [0.2, 0.25) is 5.69 Å². The molecule has 4 rings (SSSR count). The Morgan fingerprint density at radius 2 is 1.70 bits per heavy atom. The van der Waals surface area contributed by atoms with Gasteiger partial charge in [-0.2, -0.15) is 4.58 Å². The Kier molecular flexibility index (Phi) is 4.28. The summed E-state index contributed by atoms with van der Waals surface area (Å²) in [6.45, 7) is 9.22. The second-order valence-corrected chi connectivity index (χ2v) is 10.3. The number of hydrogen-bond acceptors (Lipinski definition) is 1. The van der Waals surface area contributed by atoms with Crippen LogP contribution in [0.1, 0.15) is 38.8 Å². The highest BCUT2D eigenvalue weighted by Gasteiger charge is 2.46. The molecule has 0 atom stereocenters. The molecule has 0 aromatic heterocycles. The lowest BCUT2D eigenvalue weighted by molar-refractivity contribution is -0.401. The van der Waals surface area contributed by atoms with Crippen molar-refractivity contribution in [2.45, 2.75) is 38.5 Å². The summed E-state index contributed by atoms with van der Waals surface area (Å²) < 4.78 is 3.63. The molecule has 2 aliphatic heterocycles. The highest BCUT2D eigenvalue weighted by Crippen LogP contribution is 2.49. The standard InChI is InChI=1S/C23H25ClIN2/c1-22(2)16-11-14(24)7-9-18(16)26(5)20(22)13-21-23(3,4)17-12-15(25)8-10-19(17)27(21)6/h7-13H,1-6H3/q+1. The first kappa shape index (κ1) is 19.0. The van der Waals surface area contributed by atoms with Gasteiger partial charge in [-0.05, 0) is 72.3 Å². The molecule has 4 heteroatoms. The SMILES string of the molecule is CN1/C(=C\C2=[N+](C)c3ccc(I)cc3C2(C)C)C(C)(C)c2cc(Cl)ccc21. The maximum atomic E-state index is 6.31. The molecule has 0 saturated heterocycles. The van der Waals surface area contributed by atoms with Crippen molar-refractivity contribution in [3.8, 4) is 0 Å². The average molecular weight is 492 g/mol. The van der Waals surface area contributed by atoms with E-state index in [-0.39, 0.29) is 10.8 Å². The van der Waals surface area contributed by atoms with E-state index in [9.17, 15) is 0 Å². The van der Waals surface area contributed by atoms with Crippen LogP contribution in [0.5, 0.6) is 0 Å². The molecule has 0 amide bonds. The Morgan fingerprint density at radius 3 is 2.41 bits per heavy atom. The van der Waals surface area contributed by atoms with Gasteiger partial charge in [-0.3, -0.25) is 0 Å². The van der Waals surface area contributed by atoms with Crippen LogP contribution in [-0.2, 0) is 10.8 Å². The van der Waals surface area contributed by atoms with Gasteiger partial charge >= 0.3 is 0 Å². The highest BCUT2D eigenvalue weighted by atomic mass is 127. The Hall–Kier alpha value is -1.33. The molecular weight excluding hydrogens is 467 g/mol. The predicted molar refractivity (Wildman–Crippen MR) is 124 cm³/mol. The number of anilines is 1. The van der Waals surface area contributed by atoms with Crippen LogP contribution in [0.15, 0.2) is 48.2 Å². The van der Waals surface area contributed by atoms with Gasteiger partial charge in [0.05, 0.1) is 5.41 Å². The van der Waals surface area contributed by atoms with Crippen LogP contribution < -0.4 is 4.90 Å². The van der Waals surface area contributed by atoms with Gasteiger partial charge in [0.25, 0.3) is 0 Å². The fourth-order valence-corrected chi connectivity index (χ4v) is 5.32. The summed E-state index contributed by atoms with van der Waals surface area (Å²) in [5.41, 5.74) is 7.71. The molecule has 0 fully saturated rings. The van der Waals surface area contributed by atoms with Gasteiger partial charge in [0.15, 0.2) is 5.71 Å². The number of benzene rings is 2. The second kappa shape index (κ2) is 6.08. The summed E-state index contributed by atoms with van der Waals surface area (Å²) in [4.78, 5) is 2.31. The maximum Gasteiger partial charge on any atom is 0.209 e. The van der Waals surface area contributed by atoms with E-state index < -0.39 is 0 Å². The van der Waals surface area contributed by atoms with E-state index in [0.717, 1.165) is 5.02 Å². The molecule has 2 nitrogen and oxygen atoms in total. The molecule has 0 saturated carbocycles. The largest absolute Gasteiger partial charge is 0.347 e. The molecule has 27 heavy (non-hydrogen) atoms. The van der Waals surface area contributed by atoms with Crippen LogP contribution in [0.2, 0.25) is 5.02 Å². The zero-order valence-electron chi connectivity index (χ0n) is 16.7. The molecule has 0 N–H and O–H groups in total. The lowest BCUT2D eigenvalue weighted by Crippen LogP contribution is -2.31. The van der Waals surface area contributed by atoms with Crippen LogP contribution in [0.3, 0.4) is 0 Å². The van der Waals surface area contributed by atoms with Crippen LogP contribution in [0.4, 0.5) is 11.4 Å². The third kappa shape index (κ3) is 2.69. The van der Waals surface area contributed by atoms with Crippen LogP contribution >= 0.6 is 34.2 Å². The molecule has 0 aliphatic carbocycles. The van der Waals surface area contributed by atoms with Crippen molar-refractivity contribution in [2.75, 3.05) is 19.0 Å². The zero-order chi connectivity index (χ0) is 19.7. The van der Waals surface area contributed by atoms with Gasteiger partial charge in [0, 0.05) is 50.1 Å². The van der Waals surface area contributed by atoms with E-state index in [0.29, 0.717) is 0 Å². The number of allylic oxidation sites excluding steroid dienone is 2. The topological polar surface area (TPSA) is 6.25 Å². The van der Waals surface area contributed by atoms with E-state index in [1.807, 2.05) is 6.07 Å². The number of likely N-dealkylation sites (N-methyl/N-ethyl adjacent to an activating group) is 1. The zero-order valence-corrected chi connectivity index (χ0v) is 19.6. The first-order valence-corrected chi connectivity index (χ1v) is 10.7. The molecule has 2 aliphatic rings. The van der Waals surface area contributed by atoms with Gasteiger partial charge in [-0.1, -0.05) is 25.4 Å². The van der Waals surface area contributed by atoms with E-state index in [4.69, 9.17) is 11.6 Å². The van der Waals surface area contributed by atoms with Gasteiger partial charge < -0.3 is 4.90 Å². The summed E-state index contributed by atoms with van der Waals surface area (Å²) in [6.07, 6.45) is 2.39. The summed E-state index contributed by atoms with van der Waals surface area (Å²) >= 11 is 8.71. The smallest absolute Gasteiger partial charge is 0.209 e. The van der Waals surface area contributed by atoms with Gasteiger partial charge in [-0.15, -0.1) is 0 Å². The fraction of sp³-hybridized carbons (Fsp3) is 0.348. The Morgan fingerprint density at radius 1 is 1.00 bits per heavy atom. The molecule has 0 radical (unpaired) electrons.